The topological polar surface area (TPSA) is 128 Å². The van der Waals surface area contributed by atoms with Crippen LogP contribution in [0, 0.1) is 6.92 Å². The Morgan fingerprint density at radius 1 is 1.19 bits per heavy atom. The lowest BCUT2D eigenvalue weighted by atomic mass is 10.1. The Balaban J connectivity index is 1.08. The quantitative estimate of drug-likeness (QED) is 0.266. The van der Waals surface area contributed by atoms with E-state index in [0.29, 0.717) is 53.0 Å². The van der Waals surface area contributed by atoms with Gasteiger partial charge in [0.25, 0.3) is 11.7 Å². The summed E-state index contributed by atoms with van der Waals surface area (Å²) in [5, 5.41) is 17.9. The molecule has 1 fully saturated rings. The van der Waals surface area contributed by atoms with Gasteiger partial charge in [0, 0.05) is 41.7 Å². The average Bonchev–Trinajstić information content (AvgIpc) is 3.77. The molecule has 0 radical (unpaired) electrons. The molecule has 0 bridgehead atoms. The highest BCUT2D eigenvalue weighted by molar-refractivity contribution is 7.13. The van der Waals surface area contributed by atoms with E-state index in [2.05, 4.69) is 15.1 Å². The van der Waals surface area contributed by atoms with Crippen molar-refractivity contribution in [1.82, 2.24) is 29.5 Å². The molecule has 12 heteroatoms. The first-order chi connectivity index (χ1) is 20.9. The molecule has 11 nitrogen and oxygen atoms in total. The van der Waals surface area contributed by atoms with Crippen molar-refractivity contribution in [3.05, 3.63) is 77.2 Å². The predicted octanol–water partition coefficient (Wildman–Crippen LogP) is 5.15. The Hall–Kier alpha value is -4.81. The van der Waals surface area contributed by atoms with Crippen molar-refractivity contribution < 1.29 is 23.8 Å². The summed E-state index contributed by atoms with van der Waals surface area (Å²) >= 11 is 1.51. The number of likely N-dealkylation sites (tertiary alicyclic amines) is 1. The summed E-state index contributed by atoms with van der Waals surface area (Å²) in [5.41, 5.74) is 4.29. The number of thiazole rings is 1. The molecule has 218 valence electrons. The smallest absolute Gasteiger partial charge is 0.253 e. The third-order valence-electron chi connectivity index (χ3n) is 7.35. The van der Waals surface area contributed by atoms with Crippen molar-refractivity contribution in [2.24, 2.45) is 0 Å². The molecule has 7 rings (SSSR count). The molecule has 1 amide bonds. The number of rotatable bonds is 7. The zero-order valence-corrected chi connectivity index (χ0v) is 24.4. The first-order valence-corrected chi connectivity index (χ1v) is 14.8. The zero-order chi connectivity index (χ0) is 29.5. The molecular formula is C31H28N6O5S. The fourth-order valence-corrected chi connectivity index (χ4v) is 5.98. The zero-order valence-electron chi connectivity index (χ0n) is 23.6. The van der Waals surface area contributed by atoms with Crippen LogP contribution in [0.1, 0.15) is 34.6 Å². The Kier molecular flexibility index (Phi) is 6.99. The number of aliphatic hydroxyl groups is 1. The van der Waals surface area contributed by atoms with E-state index in [1.807, 2.05) is 54.8 Å². The van der Waals surface area contributed by atoms with Gasteiger partial charge in [-0.1, -0.05) is 12.1 Å². The number of methoxy groups -OCH3 is 1. The maximum absolute atomic E-state index is 12.9. The molecule has 5 heterocycles. The molecular weight excluding hydrogens is 568 g/mol. The number of carbonyl (C=O) groups is 1. The van der Waals surface area contributed by atoms with E-state index in [1.54, 1.807) is 28.9 Å². The van der Waals surface area contributed by atoms with Gasteiger partial charge in [0.15, 0.2) is 5.76 Å². The second kappa shape index (κ2) is 11.1. The molecule has 1 aliphatic heterocycles. The van der Waals surface area contributed by atoms with E-state index in [4.69, 9.17) is 18.9 Å². The standard InChI is InChI=1S/C31H28N6O5S/c1-18-13-32-31-34-25(15-37(31)35-18)28-12-24-26(10-23(40-2)11-27(24)42-28)41-16-21-17-43-29(33-21)19-5-7-20(8-6-19)30(39)36-9-3-4-22(38)14-36/h5-8,10-13,15,17,22,38H,3-4,9,14,16H2,1-2H3/t22-/m0/s1. The fourth-order valence-electron chi connectivity index (χ4n) is 5.17. The number of nitrogens with zero attached hydrogens (tertiary/aromatic N) is 6. The number of aliphatic hydroxyl groups excluding tert-OH is 1. The summed E-state index contributed by atoms with van der Waals surface area (Å²) in [7, 11) is 1.60. The largest absolute Gasteiger partial charge is 0.496 e. The van der Waals surface area contributed by atoms with Crippen LogP contribution in [0.25, 0.3) is 38.8 Å². The summed E-state index contributed by atoms with van der Waals surface area (Å²) < 4.78 is 19.5. The normalized spacial score (nSPS) is 15.3. The van der Waals surface area contributed by atoms with Crippen LogP contribution in [0.5, 0.6) is 11.5 Å². The molecule has 6 aromatic rings. The van der Waals surface area contributed by atoms with Crippen molar-refractivity contribution >= 4 is 34.0 Å². The lowest BCUT2D eigenvalue weighted by Gasteiger charge is -2.30. The van der Waals surface area contributed by atoms with E-state index < -0.39 is 6.10 Å². The van der Waals surface area contributed by atoms with Crippen LogP contribution in [0.2, 0.25) is 0 Å². The molecule has 4 aromatic heterocycles. The number of hydrogen-bond donors (Lipinski definition) is 1. The molecule has 1 saturated heterocycles. The van der Waals surface area contributed by atoms with Gasteiger partial charge >= 0.3 is 0 Å². The van der Waals surface area contributed by atoms with E-state index in [1.165, 1.54) is 11.3 Å². The van der Waals surface area contributed by atoms with Crippen LogP contribution >= 0.6 is 11.3 Å². The van der Waals surface area contributed by atoms with Crippen molar-refractivity contribution in [2.45, 2.75) is 32.5 Å². The Labute approximate surface area is 250 Å². The fraction of sp³-hybridized carbons (Fsp3) is 0.258. The number of benzene rings is 2. The first-order valence-electron chi connectivity index (χ1n) is 13.9. The molecule has 43 heavy (non-hydrogen) atoms. The second-order valence-corrected chi connectivity index (χ2v) is 11.3. The van der Waals surface area contributed by atoms with Crippen LogP contribution < -0.4 is 9.47 Å². The number of aryl methyl sites for hydroxylation is 1. The summed E-state index contributed by atoms with van der Waals surface area (Å²) in [6, 6.07) is 13.0. The lowest BCUT2D eigenvalue weighted by molar-refractivity contribution is 0.0474. The van der Waals surface area contributed by atoms with Gasteiger partial charge in [-0.15, -0.1) is 11.3 Å². The third-order valence-corrected chi connectivity index (χ3v) is 8.29. The molecule has 1 N–H and O–H groups in total. The summed E-state index contributed by atoms with van der Waals surface area (Å²) in [6.07, 6.45) is 4.55. The number of piperidine rings is 1. The van der Waals surface area contributed by atoms with Gasteiger partial charge in [-0.2, -0.15) is 5.10 Å². The van der Waals surface area contributed by atoms with E-state index in [-0.39, 0.29) is 12.5 Å². The van der Waals surface area contributed by atoms with Crippen LogP contribution in [0.4, 0.5) is 0 Å². The maximum atomic E-state index is 12.9. The van der Waals surface area contributed by atoms with Gasteiger partial charge in [0.2, 0.25) is 0 Å². The van der Waals surface area contributed by atoms with E-state index in [0.717, 1.165) is 40.2 Å². The number of ether oxygens (including phenoxy) is 2. The molecule has 0 saturated carbocycles. The Morgan fingerprint density at radius 3 is 2.86 bits per heavy atom. The van der Waals surface area contributed by atoms with E-state index >= 15 is 0 Å². The number of imidazole rings is 1. The Morgan fingerprint density at radius 2 is 2.05 bits per heavy atom. The van der Waals surface area contributed by atoms with Gasteiger partial charge in [0.05, 0.1) is 42.4 Å². The minimum Gasteiger partial charge on any atom is -0.496 e. The van der Waals surface area contributed by atoms with E-state index in [9.17, 15) is 9.90 Å². The third kappa shape index (κ3) is 5.42. The van der Waals surface area contributed by atoms with Crippen molar-refractivity contribution in [3.63, 3.8) is 0 Å². The SMILES string of the molecule is COc1cc(OCc2csc(-c3ccc(C(=O)N4CCC[C@H](O)C4)cc3)n2)c2cc(-c3cn4nc(C)cnc4n3)oc2c1. The first kappa shape index (κ1) is 27.0. The summed E-state index contributed by atoms with van der Waals surface area (Å²) in [5.74, 6) is 2.19. The number of aromatic nitrogens is 5. The summed E-state index contributed by atoms with van der Waals surface area (Å²) in [6.45, 7) is 3.17. The highest BCUT2D eigenvalue weighted by atomic mass is 32.1. The molecule has 0 aliphatic carbocycles. The van der Waals surface area contributed by atoms with Crippen molar-refractivity contribution in [3.8, 4) is 33.5 Å². The number of hydrogen-bond acceptors (Lipinski definition) is 10. The number of β-amino-alcohol motifs (C(OH)–C–C–N with tert-alkyl or cyclic N) is 1. The average molecular weight is 597 g/mol. The van der Waals surface area contributed by atoms with Crippen LogP contribution in [0.15, 0.2) is 64.7 Å². The number of furan rings is 1. The van der Waals surface area contributed by atoms with Crippen LogP contribution in [-0.4, -0.2) is 66.8 Å². The molecule has 0 unspecified atom stereocenters. The van der Waals surface area contributed by atoms with Gasteiger partial charge in [-0.25, -0.2) is 19.5 Å². The van der Waals surface area contributed by atoms with Crippen molar-refractivity contribution in [2.75, 3.05) is 20.2 Å². The van der Waals surface area contributed by atoms with Crippen LogP contribution in [-0.2, 0) is 6.61 Å². The van der Waals surface area contributed by atoms with Crippen LogP contribution in [0.3, 0.4) is 0 Å². The monoisotopic (exact) mass is 596 g/mol. The molecule has 1 aliphatic rings. The highest BCUT2D eigenvalue weighted by Crippen LogP contribution is 2.37. The summed E-state index contributed by atoms with van der Waals surface area (Å²) in [4.78, 5) is 28.2. The number of fused-ring (bicyclic) bond motifs is 2. The molecule has 1 atom stereocenters. The van der Waals surface area contributed by atoms with Gasteiger partial charge < -0.3 is 23.9 Å². The number of amides is 1. The van der Waals surface area contributed by atoms with Crippen molar-refractivity contribution in [1.29, 1.82) is 0 Å². The predicted molar refractivity (Wildman–Crippen MR) is 160 cm³/mol. The molecule has 2 aromatic carbocycles. The highest BCUT2D eigenvalue weighted by Gasteiger charge is 2.23. The minimum absolute atomic E-state index is 0.0600. The van der Waals surface area contributed by atoms with Gasteiger partial charge in [0.1, 0.15) is 34.4 Å². The minimum atomic E-state index is -0.451. The van der Waals surface area contributed by atoms with Gasteiger partial charge in [-0.3, -0.25) is 4.79 Å². The van der Waals surface area contributed by atoms with Gasteiger partial charge in [-0.05, 0) is 38.0 Å². The lowest BCUT2D eigenvalue weighted by Crippen LogP contribution is -2.42. The number of carbonyl (C=O) groups excluding carboxylic acids is 1. The second-order valence-electron chi connectivity index (χ2n) is 10.5. The molecule has 0 spiro atoms. The maximum Gasteiger partial charge on any atom is 0.253 e. The Bertz CT molecular complexity index is 1950.